The molecule has 2 aliphatic rings. The third-order valence-electron chi connectivity index (χ3n) is 5.23. The first kappa shape index (κ1) is 15.5. The Hall–Kier alpha value is -1.35. The number of hydrogen-bond donors (Lipinski definition) is 0. The van der Waals surface area contributed by atoms with Crippen LogP contribution in [0.1, 0.15) is 43.2 Å². The summed E-state index contributed by atoms with van der Waals surface area (Å²) in [6.45, 7) is 6.01. The van der Waals surface area contributed by atoms with Crippen molar-refractivity contribution in [2.45, 2.75) is 51.5 Å². The van der Waals surface area contributed by atoms with Crippen LogP contribution in [0, 0.1) is 6.92 Å². The zero-order valence-electron chi connectivity index (χ0n) is 13.8. The Balaban J connectivity index is 1.48. The Labute approximate surface area is 134 Å². The van der Waals surface area contributed by atoms with Gasteiger partial charge in [0.05, 0.1) is 6.42 Å². The first-order chi connectivity index (χ1) is 10.7. The monoisotopic (exact) mass is 300 g/mol. The van der Waals surface area contributed by atoms with Crippen LogP contribution in [0.4, 0.5) is 0 Å². The zero-order valence-corrected chi connectivity index (χ0v) is 13.8. The van der Waals surface area contributed by atoms with Crippen LogP contribution in [0.15, 0.2) is 24.3 Å². The average molecular weight is 300 g/mol. The Morgan fingerprint density at radius 3 is 2.27 bits per heavy atom. The van der Waals surface area contributed by atoms with Gasteiger partial charge in [-0.05, 0) is 25.3 Å². The number of nitrogens with zero attached hydrogens (tertiary/aromatic N) is 2. The fourth-order valence-electron chi connectivity index (χ4n) is 3.78. The highest BCUT2D eigenvalue weighted by Gasteiger charge is 2.26. The maximum atomic E-state index is 12.4. The van der Waals surface area contributed by atoms with Crippen molar-refractivity contribution in [3.8, 4) is 0 Å². The summed E-state index contributed by atoms with van der Waals surface area (Å²) >= 11 is 0. The van der Waals surface area contributed by atoms with Crippen molar-refractivity contribution < 1.29 is 4.79 Å². The van der Waals surface area contributed by atoms with Crippen molar-refractivity contribution in [1.29, 1.82) is 0 Å². The molecule has 120 valence electrons. The van der Waals surface area contributed by atoms with Gasteiger partial charge < -0.3 is 4.90 Å². The number of benzene rings is 1. The molecule has 0 bridgehead atoms. The van der Waals surface area contributed by atoms with Gasteiger partial charge in [0, 0.05) is 32.2 Å². The molecular weight excluding hydrogens is 272 g/mol. The number of carbonyl (C=O) groups excluding carboxylic acids is 1. The van der Waals surface area contributed by atoms with Gasteiger partial charge in [-0.1, -0.05) is 49.1 Å². The van der Waals surface area contributed by atoms with E-state index in [1.165, 1.54) is 37.7 Å². The molecule has 0 unspecified atom stereocenters. The first-order valence-corrected chi connectivity index (χ1v) is 8.80. The van der Waals surface area contributed by atoms with E-state index in [1.807, 2.05) is 0 Å². The molecule has 1 saturated carbocycles. The number of hydrogen-bond acceptors (Lipinski definition) is 2. The second kappa shape index (κ2) is 7.28. The Morgan fingerprint density at radius 2 is 1.64 bits per heavy atom. The SMILES string of the molecule is Cc1ccc(CC(=O)N2CCN(C3CCCCC3)CC2)cc1. The molecule has 0 N–H and O–H groups in total. The highest BCUT2D eigenvalue weighted by molar-refractivity contribution is 5.78. The van der Waals surface area contributed by atoms with Crippen LogP contribution in [0.25, 0.3) is 0 Å². The van der Waals surface area contributed by atoms with E-state index in [0.29, 0.717) is 6.42 Å². The van der Waals surface area contributed by atoms with Gasteiger partial charge in [-0.2, -0.15) is 0 Å². The van der Waals surface area contributed by atoms with Crippen LogP contribution >= 0.6 is 0 Å². The molecule has 0 aromatic heterocycles. The Morgan fingerprint density at radius 1 is 1.00 bits per heavy atom. The van der Waals surface area contributed by atoms with E-state index in [9.17, 15) is 4.79 Å². The van der Waals surface area contributed by atoms with Crippen molar-refractivity contribution in [3.63, 3.8) is 0 Å². The smallest absolute Gasteiger partial charge is 0.227 e. The van der Waals surface area contributed by atoms with E-state index in [-0.39, 0.29) is 5.91 Å². The lowest BCUT2D eigenvalue weighted by molar-refractivity contribution is -0.132. The normalized spacial score (nSPS) is 21.0. The van der Waals surface area contributed by atoms with E-state index in [1.54, 1.807) is 0 Å². The predicted molar refractivity (Wildman–Crippen MR) is 89.9 cm³/mol. The van der Waals surface area contributed by atoms with E-state index in [0.717, 1.165) is 37.8 Å². The van der Waals surface area contributed by atoms with Crippen molar-refractivity contribution in [2.75, 3.05) is 26.2 Å². The van der Waals surface area contributed by atoms with Gasteiger partial charge in [-0.3, -0.25) is 9.69 Å². The predicted octanol–water partition coefficient (Wildman–Crippen LogP) is 3.01. The topological polar surface area (TPSA) is 23.6 Å². The molecule has 1 amide bonds. The minimum Gasteiger partial charge on any atom is -0.340 e. The summed E-state index contributed by atoms with van der Waals surface area (Å²) in [6.07, 6.45) is 7.44. The van der Waals surface area contributed by atoms with Crippen molar-refractivity contribution in [1.82, 2.24) is 9.80 Å². The van der Waals surface area contributed by atoms with Gasteiger partial charge in [0.1, 0.15) is 0 Å². The molecule has 0 spiro atoms. The maximum absolute atomic E-state index is 12.4. The van der Waals surface area contributed by atoms with E-state index < -0.39 is 0 Å². The molecule has 1 aliphatic heterocycles. The molecule has 0 atom stereocenters. The lowest BCUT2D eigenvalue weighted by Crippen LogP contribution is -2.52. The molecule has 2 fully saturated rings. The summed E-state index contributed by atoms with van der Waals surface area (Å²) in [5.74, 6) is 0.284. The quantitative estimate of drug-likeness (QED) is 0.856. The maximum Gasteiger partial charge on any atom is 0.227 e. The summed E-state index contributed by atoms with van der Waals surface area (Å²) < 4.78 is 0. The van der Waals surface area contributed by atoms with Crippen molar-refractivity contribution >= 4 is 5.91 Å². The summed E-state index contributed by atoms with van der Waals surface area (Å²) in [6, 6.07) is 9.10. The average Bonchev–Trinajstić information content (AvgIpc) is 2.58. The minimum absolute atomic E-state index is 0.284. The van der Waals surface area contributed by atoms with Crippen molar-refractivity contribution in [2.24, 2.45) is 0 Å². The number of piperazine rings is 1. The molecule has 3 nitrogen and oxygen atoms in total. The third kappa shape index (κ3) is 3.89. The lowest BCUT2D eigenvalue weighted by Gasteiger charge is -2.40. The Bertz CT molecular complexity index is 483. The zero-order chi connectivity index (χ0) is 15.4. The number of amides is 1. The van der Waals surface area contributed by atoms with Crippen LogP contribution in [0.3, 0.4) is 0 Å². The van der Waals surface area contributed by atoms with Crippen LogP contribution in [-0.4, -0.2) is 47.9 Å². The molecule has 1 heterocycles. The molecule has 1 aromatic carbocycles. The molecule has 22 heavy (non-hydrogen) atoms. The van der Waals surface area contributed by atoms with Crippen LogP contribution < -0.4 is 0 Å². The van der Waals surface area contributed by atoms with Crippen LogP contribution in [0.2, 0.25) is 0 Å². The molecular formula is C19H28N2O. The second-order valence-corrected chi connectivity index (χ2v) is 6.87. The largest absolute Gasteiger partial charge is 0.340 e. The first-order valence-electron chi connectivity index (χ1n) is 8.80. The molecule has 0 radical (unpaired) electrons. The van der Waals surface area contributed by atoms with Crippen LogP contribution in [-0.2, 0) is 11.2 Å². The number of aryl methyl sites for hydroxylation is 1. The van der Waals surface area contributed by atoms with Gasteiger partial charge in [-0.25, -0.2) is 0 Å². The van der Waals surface area contributed by atoms with Gasteiger partial charge in [0.25, 0.3) is 0 Å². The minimum atomic E-state index is 0.284. The summed E-state index contributed by atoms with van der Waals surface area (Å²) in [5, 5.41) is 0. The number of carbonyl (C=O) groups is 1. The molecule has 1 aliphatic carbocycles. The van der Waals surface area contributed by atoms with Gasteiger partial charge >= 0.3 is 0 Å². The van der Waals surface area contributed by atoms with Gasteiger partial charge in [-0.15, -0.1) is 0 Å². The highest BCUT2D eigenvalue weighted by Crippen LogP contribution is 2.23. The molecule has 3 heteroatoms. The molecule has 1 saturated heterocycles. The van der Waals surface area contributed by atoms with E-state index in [4.69, 9.17) is 0 Å². The van der Waals surface area contributed by atoms with E-state index in [2.05, 4.69) is 41.0 Å². The van der Waals surface area contributed by atoms with E-state index >= 15 is 0 Å². The Kier molecular flexibility index (Phi) is 5.14. The van der Waals surface area contributed by atoms with Gasteiger partial charge in [0.2, 0.25) is 5.91 Å². The molecule has 3 rings (SSSR count). The standard InChI is InChI=1S/C19H28N2O/c1-16-7-9-17(10-8-16)15-19(22)21-13-11-20(12-14-21)18-5-3-2-4-6-18/h7-10,18H,2-6,11-15H2,1H3. The van der Waals surface area contributed by atoms with Crippen molar-refractivity contribution in [3.05, 3.63) is 35.4 Å². The van der Waals surface area contributed by atoms with Gasteiger partial charge in [0.15, 0.2) is 0 Å². The highest BCUT2D eigenvalue weighted by atomic mass is 16.2. The number of rotatable bonds is 3. The summed E-state index contributed by atoms with van der Waals surface area (Å²) in [4.78, 5) is 17.1. The molecule has 1 aromatic rings. The summed E-state index contributed by atoms with van der Waals surface area (Å²) in [7, 11) is 0. The summed E-state index contributed by atoms with van der Waals surface area (Å²) in [5.41, 5.74) is 2.38. The second-order valence-electron chi connectivity index (χ2n) is 6.87. The fourth-order valence-corrected chi connectivity index (χ4v) is 3.78. The van der Waals surface area contributed by atoms with Crippen LogP contribution in [0.5, 0.6) is 0 Å². The lowest BCUT2D eigenvalue weighted by atomic mass is 9.94. The fraction of sp³-hybridized carbons (Fsp3) is 0.632. The third-order valence-corrected chi connectivity index (χ3v) is 5.23.